The molecule has 0 aromatic carbocycles. The minimum Gasteiger partial charge on any atom is -0.396 e. The van der Waals surface area contributed by atoms with Crippen molar-refractivity contribution in [2.45, 2.75) is 12.6 Å². The predicted octanol–water partition coefficient (Wildman–Crippen LogP) is 2.05. The van der Waals surface area contributed by atoms with E-state index in [0.29, 0.717) is 6.54 Å². The summed E-state index contributed by atoms with van der Waals surface area (Å²) in [6.07, 6.45) is -2.61. The number of nitrogen functional groups attached to an aromatic ring is 1. The maximum Gasteiger partial charge on any atom is 0.433 e. The van der Waals surface area contributed by atoms with Gasteiger partial charge in [0.2, 0.25) is 0 Å². The second kappa shape index (κ2) is 5.90. The van der Waals surface area contributed by atoms with Crippen LogP contribution >= 0.6 is 0 Å². The SMILES string of the molecule is CN(C)CCCNc1cc(C(F)(F)F)ncc1N. The van der Waals surface area contributed by atoms with Gasteiger partial charge in [-0.2, -0.15) is 13.2 Å². The highest BCUT2D eigenvalue weighted by Crippen LogP contribution is 2.30. The van der Waals surface area contributed by atoms with Gasteiger partial charge in [-0.05, 0) is 33.1 Å². The maximum absolute atomic E-state index is 12.5. The molecular formula is C11H17F3N4. The number of hydrogen-bond acceptors (Lipinski definition) is 4. The smallest absolute Gasteiger partial charge is 0.396 e. The number of rotatable bonds is 5. The van der Waals surface area contributed by atoms with Gasteiger partial charge in [-0.15, -0.1) is 0 Å². The van der Waals surface area contributed by atoms with E-state index >= 15 is 0 Å². The van der Waals surface area contributed by atoms with E-state index in [1.54, 1.807) is 0 Å². The van der Waals surface area contributed by atoms with Crippen LogP contribution in [0.5, 0.6) is 0 Å². The summed E-state index contributed by atoms with van der Waals surface area (Å²) in [5.74, 6) is 0. The van der Waals surface area contributed by atoms with Crippen LogP contribution in [0.1, 0.15) is 12.1 Å². The molecule has 0 radical (unpaired) electrons. The molecular weight excluding hydrogens is 245 g/mol. The lowest BCUT2D eigenvalue weighted by molar-refractivity contribution is -0.141. The molecule has 1 aromatic rings. The van der Waals surface area contributed by atoms with Gasteiger partial charge in [0.05, 0.1) is 17.6 Å². The van der Waals surface area contributed by atoms with Crippen molar-refractivity contribution >= 4 is 11.4 Å². The van der Waals surface area contributed by atoms with Crippen molar-refractivity contribution in [1.29, 1.82) is 0 Å². The lowest BCUT2D eigenvalue weighted by atomic mass is 10.2. The van der Waals surface area contributed by atoms with Crippen LogP contribution in [0.3, 0.4) is 0 Å². The van der Waals surface area contributed by atoms with Crippen LogP contribution in [0, 0.1) is 0 Å². The van der Waals surface area contributed by atoms with Gasteiger partial charge in [0.25, 0.3) is 0 Å². The lowest BCUT2D eigenvalue weighted by Gasteiger charge is -2.13. The Bertz CT molecular complexity index is 390. The van der Waals surface area contributed by atoms with Crippen molar-refractivity contribution in [2.75, 3.05) is 38.2 Å². The molecule has 0 aliphatic carbocycles. The first-order chi connectivity index (χ1) is 8.30. The Morgan fingerprint density at radius 3 is 2.61 bits per heavy atom. The molecule has 0 saturated carbocycles. The van der Waals surface area contributed by atoms with Crippen LogP contribution in [0.25, 0.3) is 0 Å². The van der Waals surface area contributed by atoms with Gasteiger partial charge in [0.1, 0.15) is 5.69 Å². The number of aromatic nitrogens is 1. The number of nitrogens with two attached hydrogens (primary N) is 1. The van der Waals surface area contributed by atoms with Crippen molar-refractivity contribution in [3.05, 3.63) is 18.0 Å². The summed E-state index contributed by atoms with van der Waals surface area (Å²) in [5, 5.41) is 2.89. The summed E-state index contributed by atoms with van der Waals surface area (Å²) in [4.78, 5) is 5.27. The van der Waals surface area contributed by atoms with Crippen LogP contribution in [0.4, 0.5) is 24.5 Å². The van der Waals surface area contributed by atoms with Gasteiger partial charge < -0.3 is 16.0 Å². The second-order valence-electron chi connectivity index (χ2n) is 4.24. The van der Waals surface area contributed by atoms with Gasteiger partial charge in [-0.1, -0.05) is 0 Å². The van der Waals surface area contributed by atoms with Crippen molar-refractivity contribution < 1.29 is 13.2 Å². The Labute approximate surface area is 104 Å². The molecule has 0 spiro atoms. The van der Waals surface area contributed by atoms with Gasteiger partial charge in [0, 0.05) is 6.54 Å². The van der Waals surface area contributed by atoms with E-state index in [1.165, 1.54) is 0 Å². The first-order valence-electron chi connectivity index (χ1n) is 5.52. The lowest BCUT2D eigenvalue weighted by Crippen LogP contribution is -2.17. The Morgan fingerprint density at radius 1 is 1.39 bits per heavy atom. The van der Waals surface area contributed by atoms with E-state index in [9.17, 15) is 13.2 Å². The highest BCUT2D eigenvalue weighted by atomic mass is 19.4. The number of halogens is 3. The van der Waals surface area contributed by atoms with E-state index < -0.39 is 11.9 Å². The summed E-state index contributed by atoms with van der Waals surface area (Å²) < 4.78 is 37.4. The van der Waals surface area contributed by atoms with E-state index in [0.717, 1.165) is 25.2 Å². The zero-order valence-corrected chi connectivity index (χ0v) is 10.4. The summed E-state index contributed by atoms with van der Waals surface area (Å²) >= 11 is 0. The first kappa shape index (κ1) is 14.6. The average molecular weight is 262 g/mol. The zero-order chi connectivity index (χ0) is 13.8. The topological polar surface area (TPSA) is 54.2 Å². The molecule has 3 N–H and O–H groups in total. The monoisotopic (exact) mass is 262 g/mol. The summed E-state index contributed by atoms with van der Waals surface area (Å²) in [7, 11) is 3.87. The maximum atomic E-state index is 12.5. The first-order valence-corrected chi connectivity index (χ1v) is 5.52. The van der Waals surface area contributed by atoms with Gasteiger partial charge in [-0.3, -0.25) is 0 Å². The zero-order valence-electron chi connectivity index (χ0n) is 10.4. The van der Waals surface area contributed by atoms with Crippen LogP contribution in [-0.2, 0) is 6.18 Å². The molecule has 0 saturated heterocycles. The van der Waals surface area contributed by atoms with Crippen LogP contribution in [-0.4, -0.2) is 37.1 Å². The van der Waals surface area contributed by atoms with Crippen molar-refractivity contribution in [3.63, 3.8) is 0 Å². The fraction of sp³-hybridized carbons (Fsp3) is 0.545. The van der Waals surface area contributed by atoms with Crippen molar-refractivity contribution in [2.24, 2.45) is 0 Å². The second-order valence-corrected chi connectivity index (χ2v) is 4.24. The molecule has 18 heavy (non-hydrogen) atoms. The Kier molecular flexibility index (Phi) is 4.77. The summed E-state index contributed by atoms with van der Waals surface area (Å²) in [6.45, 7) is 1.41. The molecule has 0 unspecified atom stereocenters. The largest absolute Gasteiger partial charge is 0.433 e. The highest BCUT2D eigenvalue weighted by molar-refractivity contribution is 5.65. The third-order valence-corrected chi connectivity index (χ3v) is 2.32. The summed E-state index contributed by atoms with van der Waals surface area (Å²) in [6, 6.07) is 0.936. The van der Waals surface area contributed by atoms with Crippen LogP contribution in [0.15, 0.2) is 12.3 Å². The highest BCUT2D eigenvalue weighted by Gasteiger charge is 2.32. The Balaban J connectivity index is 2.64. The number of hydrogen-bond donors (Lipinski definition) is 2. The molecule has 1 aromatic heterocycles. The third-order valence-electron chi connectivity index (χ3n) is 2.32. The predicted molar refractivity (Wildman–Crippen MR) is 65.3 cm³/mol. The van der Waals surface area contributed by atoms with Gasteiger partial charge in [0.15, 0.2) is 0 Å². The van der Waals surface area contributed by atoms with Crippen molar-refractivity contribution in [1.82, 2.24) is 9.88 Å². The molecule has 0 aliphatic rings. The van der Waals surface area contributed by atoms with Crippen LogP contribution in [0.2, 0.25) is 0 Å². The number of pyridine rings is 1. The molecule has 0 aliphatic heterocycles. The third kappa shape index (κ3) is 4.40. The van der Waals surface area contributed by atoms with Crippen molar-refractivity contribution in [3.8, 4) is 0 Å². The minimum absolute atomic E-state index is 0.216. The molecule has 0 amide bonds. The van der Waals surface area contributed by atoms with E-state index in [2.05, 4.69) is 10.3 Å². The minimum atomic E-state index is -4.45. The molecule has 0 bridgehead atoms. The van der Waals surface area contributed by atoms with E-state index in [4.69, 9.17) is 5.73 Å². The van der Waals surface area contributed by atoms with Crippen LogP contribution < -0.4 is 11.1 Å². The quantitative estimate of drug-likeness (QED) is 0.797. The van der Waals surface area contributed by atoms with E-state index in [1.807, 2.05) is 19.0 Å². The van der Waals surface area contributed by atoms with E-state index in [-0.39, 0.29) is 11.4 Å². The molecule has 1 heterocycles. The Morgan fingerprint density at radius 2 is 2.06 bits per heavy atom. The summed E-state index contributed by atoms with van der Waals surface area (Å²) in [5.41, 5.74) is 5.12. The fourth-order valence-electron chi connectivity index (χ4n) is 1.39. The standard InChI is InChI=1S/C11H17F3N4/c1-18(2)5-3-4-16-9-6-10(11(12,13)14)17-7-8(9)15/h6-7H,3-5,15H2,1-2H3,(H,16,17). The molecule has 1 rings (SSSR count). The number of nitrogens with zero attached hydrogens (tertiary/aromatic N) is 2. The van der Waals surface area contributed by atoms with Gasteiger partial charge in [-0.25, -0.2) is 4.98 Å². The van der Waals surface area contributed by atoms with Gasteiger partial charge >= 0.3 is 6.18 Å². The fourth-order valence-corrected chi connectivity index (χ4v) is 1.39. The molecule has 7 heteroatoms. The Hall–Kier alpha value is -1.50. The molecule has 102 valence electrons. The number of alkyl halides is 3. The number of anilines is 2. The average Bonchev–Trinajstić information content (AvgIpc) is 2.24. The molecule has 4 nitrogen and oxygen atoms in total. The molecule has 0 fully saturated rings. The normalized spacial score (nSPS) is 11.9. The number of nitrogens with one attached hydrogen (secondary N) is 1. The molecule has 0 atom stereocenters.